The maximum atomic E-state index is 11.9. The van der Waals surface area contributed by atoms with Crippen molar-refractivity contribution in [3.8, 4) is 0 Å². The molecule has 132 valence electrons. The summed E-state index contributed by atoms with van der Waals surface area (Å²) in [7, 11) is 1.52. The zero-order chi connectivity index (χ0) is 18.7. The minimum atomic E-state index is -0.720. The smallest absolute Gasteiger partial charge is 0.316 e. The van der Waals surface area contributed by atoms with Crippen molar-refractivity contribution in [3.05, 3.63) is 85.5 Å². The predicted molar refractivity (Wildman–Crippen MR) is 105 cm³/mol. The van der Waals surface area contributed by atoms with Crippen LogP contribution in [-0.2, 0) is 13.6 Å². The Hall–Kier alpha value is -3.12. The molecule has 3 aromatic rings. The first-order valence-corrected chi connectivity index (χ1v) is 8.30. The molecular formula is C19H17ClN4O2. The summed E-state index contributed by atoms with van der Waals surface area (Å²) >= 11 is 6.28. The molecular weight excluding hydrogens is 352 g/mol. The molecule has 0 saturated carbocycles. The van der Waals surface area contributed by atoms with Crippen LogP contribution >= 0.6 is 11.6 Å². The molecule has 7 heteroatoms. The maximum absolute atomic E-state index is 11.9. The van der Waals surface area contributed by atoms with E-state index in [1.807, 2.05) is 30.3 Å². The van der Waals surface area contributed by atoms with Crippen molar-refractivity contribution < 1.29 is 0 Å². The lowest BCUT2D eigenvalue weighted by atomic mass is 10.1. The van der Waals surface area contributed by atoms with Gasteiger partial charge < -0.3 is 20.3 Å². The van der Waals surface area contributed by atoms with Gasteiger partial charge in [-0.3, -0.25) is 9.59 Å². The van der Waals surface area contributed by atoms with Crippen LogP contribution in [0.4, 0.5) is 0 Å². The molecule has 0 aliphatic rings. The highest BCUT2D eigenvalue weighted by Gasteiger charge is 2.11. The molecule has 0 aliphatic carbocycles. The number of aryl methyl sites for hydroxylation is 1. The summed E-state index contributed by atoms with van der Waals surface area (Å²) in [6.07, 6.45) is 2.93. The van der Waals surface area contributed by atoms with Crippen LogP contribution in [0, 0.1) is 5.41 Å². The van der Waals surface area contributed by atoms with E-state index in [9.17, 15) is 9.59 Å². The first-order valence-electron chi connectivity index (χ1n) is 7.92. The molecule has 6 nitrogen and oxygen atoms in total. The summed E-state index contributed by atoms with van der Waals surface area (Å²) in [5, 5.41) is 11.2. The van der Waals surface area contributed by atoms with Gasteiger partial charge in [-0.1, -0.05) is 41.9 Å². The first kappa shape index (κ1) is 17.7. The van der Waals surface area contributed by atoms with E-state index in [4.69, 9.17) is 17.0 Å². The van der Waals surface area contributed by atoms with Crippen molar-refractivity contribution in [1.29, 1.82) is 5.41 Å². The van der Waals surface area contributed by atoms with E-state index in [-0.39, 0.29) is 0 Å². The van der Waals surface area contributed by atoms with E-state index in [0.717, 1.165) is 5.56 Å². The number of aromatic amines is 1. The normalized spacial score (nSPS) is 11.5. The Kier molecular flexibility index (Phi) is 5.04. The molecule has 3 N–H and O–H groups in total. The van der Waals surface area contributed by atoms with Gasteiger partial charge in [0.1, 0.15) is 0 Å². The number of nitrogens with zero attached hydrogens (tertiary/aromatic N) is 1. The van der Waals surface area contributed by atoms with Crippen LogP contribution in [0.5, 0.6) is 0 Å². The summed E-state index contributed by atoms with van der Waals surface area (Å²) in [5.41, 5.74) is 1.89. The van der Waals surface area contributed by atoms with Gasteiger partial charge in [-0.25, -0.2) is 0 Å². The molecule has 3 rings (SSSR count). The minimum absolute atomic E-state index is 0.306. The number of hydrogen-bond acceptors (Lipinski definition) is 4. The summed E-state index contributed by atoms with van der Waals surface area (Å²) in [6.45, 7) is 0.616. The number of H-pyrrole nitrogens is 1. The summed E-state index contributed by atoms with van der Waals surface area (Å²) in [5.74, 6) is 0. The number of aromatic nitrogens is 2. The van der Waals surface area contributed by atoms with Crippen LogP contribution in [0.2, 0.25) is 5.02 Å². The van der Waals surface area contributed by atoms with Crippen LogP contribution in [0.3, 0.4) is 0 Å². The molecule has 26 heavy (non-hydrogen) atoms. The van der Waals surface area contributed by atoms with Gasteiger partial charge in [-0.15, -0.1) is 0 Å². The summed E-state index contributed by atoms with van der Waals surface area (Å²) in [6, 6.07) is 13.3. The Bertz CT molecular complexity index is 1110. The lowest BCUT2D eigenvalue weighted by Gasteiger charge is -2.10. The third kappa shape index (κ3) is 3.45. The maximum Gasteiger partial charge on any atom is 0.316 e. The van der Waals surface area contributed by atoms with Gasteiger partial charge >= 0.3 is 11.1 Å². The Morgan fingerprint density at radius 1 is 1.27 bits per heavy atom. The average Bonchev–Trinajstić information content (AvgIpc) is 2.65. The second kappa shape index (κ2) is 7.41. The van der Waals surface area contributed by atoms with Gasteiger partial charge in [0.2, 0.25) is 0 Å². The van der Waals surface area contributed by atoms with Crippen molar-refractivity contribution in [3.63, 3.8) is 0 Å². The number of nitrogens with one attached hydrogen (secondary N) is 3. The average molecular weight is 369 g/mol. The van der Waals surface area contributed by atoms with Crippen LogP contribution in [0.15, 0.2) is 58.3 Å². The van der Waals surface area contributed by atoms with Gasteiger partial charge in [0.15, 0.2) is 0 Å². The Morgan fingerprint density at radius 3 is 2.69 bits per heavy atom. The molecule has 0 radical (unpaired) electrons. The second-order valence-electron chi connectivity index (χ2n) is 5.78. The summed E-state index contributed by atoms with van der Waals surface area (Å²) in [4.78, 5) is 26.0. The molecule has 0 amide bonds. The number of fused-ring (bicyclic) bond motifs is 1. The summed E-state index contributed by atoms with van der Waals surface area (Å²) < 4.78 is 1.25. The lowest BCUT2D eigenvalue weighted by molar-refractivity contribution is 0.871. The SMILES string of the molecule is Cn1c(=O)c(=O)[nH]c2c(Cl)cc(/C(C=N)=C/NCc3ccccc3)cc21. The highest BCUT2D eigenvalue weighted by Crippen LogP contribution is 2.25. The van der Waals surface area contributed by atoms with Crippen molar-refractivity contribution in [2.75, 3.05) is 0 Å². The Labute approximate surface area is 154 Å². The zero-order valence-electron chi connectivity index (χ0n) is 14.0. The number of halogens is 1. The van der Waals surface area contributed by atoms with Gasteiger partial charge in [0, 0.05) is 31.6 Å². The fraction of sp³-hybridized carbons (Fsp3) is 0.105. The monoisotopic (exact) mass is 368 g/mol. The van der Waals surface area contributed by atoms with Crippen LogP contribution in [0.1, 0.15) is 11.1 Å². The largest absolute Gasteiger partial charge is 0.386 e. The molecule has 0 atom stereocenters. The fourth-order valence-corrected chi connectivity index (χ4v) is 2.92. The van der Waals surface area contributed by atoms with E-state index in [1.54, 1.807) is 18.3 Å². The minimum Gasteiger partial charge on any atom is -0.386 e. The predicted octanol–water partition coefficient (Wildman–Crippen LogP) is 2.66. The third-order valence-corrected chi connectivity index (χ3v) is 4.36. The highest BCUT2D eigenvalue weighted by molar-refractivity contribution is 6.35. The van der Waals surface area contributed by atoms with Crippen molar-refractivity contribution in [2.45, 2.75) is 6.54 Å². The number of hydrogen-bond donors (Lipinski definition) is 3. The van der Waals surface area contributed by atoms with Gasteiger partial charge in [-0.2, -0.15) is 0 Å². The van der Waals surface area contributed by atoms with E-state index < -0.39 is 11.1 Å². The first-order chi connectivity index (χ1) is 12.5. The molecule has 0 aliphatic heterocycles. The molecule has 1 heterocycles. The molecule has 0 fully saturated rings. The lowest BCUT2D eigenvalue weighted by Crippen LogP contribution is -2.34. The van der Waals surface area contributed by atoms with Gasteiger partial charge in [-0.05, 0) is 23.3 Å². The number of benzene rings is 2. The standard InChI is InChI=1S/C19H17ClN4O2/c1-24-16-8-13(7-15(20)17(16)23-18(25)19(24)26)14(9-21)11-22-10-12-5-3-2-4-6-12/h2-9,11,21-22H,10H2,1H3,(H,23,25)/b14-11+,21-9?. The topological polar surface area (TPSA) is 90.7 Å². The van der Waals surface area contributed by atoms with E-state index in [1.165, 1.54) is 17.8 Å². The van der Waals surface area contributed by atoms with Crippen LogP contribution in [-0.4, -0.2) is 15.8 Å². The number of allylic oxidation sites excluding steroid dienone is 1. The van der Waals surface area contributed by atoms with E-state index in [0.29, 0.717) is 33.7 Å². The van der Waals surface area contributed by atoms with Gasteiger partial charge in [0.05, 0.1) is 16.1 Å². The molecule has 1 aromatic heterocycles. The third-order valence-electron chi connectivity index (χ3n) is 4.06. The molecule has 2 aromatic carbocycles. The fourth-order valence-electron chi connectivity index (χ4n) is 2.66. The van der Waals surface area contributed by atoms with E-state index in [2.05, 4.69) is 10.3 Å². The molecule has 0 unspecified atom stereocenters. The molecule has 0 spiro atoms. The molecule has 0 saturated heterocycles. The second-order valence-corrected chi connectivity index (χ2v) is 6.19. The zero-order valence-corrected chi connectivity index (χ0v) is 14.8. The van der Waals surface area contributed by atoms with Gasteiger partial charge in [0.25, 0.3) is 0 Å². The van der Waals surface area contributed by atoms with Crippen LogP contribution in [0.25, 0.3) is 16.6 Å². The van der Waals surface area contributed by atoms with Crippen molar-refractivity contribution in [1.82, 2.24) is 14.9 Å². The van der Waals surface area contributed by atoms with E-state index >= 15 is 0 Å². The highest BCUT2D eigenvalue weighted by atomic mass is 35.5. The quantitative estimate of drug-likeness (QED) is 0.477. The Morgan fingerprint density at radius 2 is 2.00 bits per heavy atom. The van der Waals surface area contributed by atoms with Crippen molar-refractivity contribution >= 4 is 34.4 Å². The Balaban J connectivity index is 1.99. The van der Waals surface area contributed by atoms with Crippen LogP contribution < -0.4 is 16.4 Å². The van der Waals surface area contributed by atoms with Crippen molar-refractivity contribution in [2.24, 2.45) is 7.05 Å². The number of rotatable bonds is 5. The molecule has 0 bridgehead atoms.